The van der Waals surface area contributed by atoms with Gasteiger partial charge in [0, 0.05) is 43.7 Å². The third-order valence-corrected chi connectivity index (χ3v) is 7.17. The second-order valence-corrected chi connectivity index (χ2v) is 10.5. The van der Waals surface area contributed by atoms with E-state index in [0.717, 1.165) is 11.3 Å². The lowest BCUT2D eigenvalue weighted by molar-refractivity contribution is -0.132. The first-order chi connectivity index (χ1) is 14.7. The summed E-state index contributed by atoms with van der Waals surface area (Å²) in [7, 11) is -3.26. The van der Waals surface area contributed by atoms with Gasteiger partial charge in [-0.3, -0.25) is 9.59 Å². The minimum absolute atomic E-state index is 0.0867. The lowest BCUT2D eigenvalue weighted by Crippen LogP contribution is -2.38. The summed E-state index contributed by atoms with van der Waals surface area (Å²) in [6.07, 6.45) is 2.32. The van der Waals surface area contributed by atoms with Crippen LogP contribution in [0.3, 0.4) is 0 Å². The van der Waals surface area contributed by atoms with Crippen LogP contribution in [-0.2, 0) is 19.4 Å². The fourth-order valence-corrected chi connectivity index (χ4v) is 5.21. The van der Waals surface area contributed by atoms with Gasteiger partial charge in [0.2, 0.25) is 11.8 Å². The number of carbonyl (C=O) groups is 2. The standard InChI is InChI=1S/C22H26N2O5S2/c1-16(25)23-18-5-3-6-19(15-18)29-13-4-12-24-21(26)11-14-30-22(24)17-7-9-20(10-8-17)31(2,27)28/h3,5-10,15,22H,4,11-14H2,1-2H3,(H,23,25). The summed E-state index contributed by atoms with van der Waals surface area (Å²) in [5.41, 5.74) is 1.58. The lowest BCUT2D eigenvalue weighted by Gasteiger charge is -2.35. The Balaban J connectivity index is 1.60. The van der Waals surface area contributed by atoms with Gasteiger partial charge in [0.15, 0.2) is 9.84 Å². The van der Waals surface area contributed by atoms with Crippen molar-refractivity contribution in [2.45, 2.75) is 30.0 Å². The first-order valence-electron chi connectivity index (χ1n) is 9.95. The smallest absolute Gasteiger partial charge is 0.224 e. The molecule has 7 nitrogen and oxygen atoms in total. The minimum atomic E-state index is -3.26. The van der Waals surface area contributed by atoms with Gasteiger partial charge < -0.3 is 15.0 Å². The summed E-state index contributed by atoms with van der Waals surface area (Å²) in [4.78, 5) is 25.8. The van der Waals surface area contributed by atoms with Crippen molar-refractivity contribution in [3.63, 3.8) is 0 Å². The normalized spacial score (nSPS) is 16.8. The third-order valence-electron chi connectivity index (χ3n) is 4.75. The van der Waals surface area contributed by atoms with Crippen molar-refractivity contribution in [2.75, 3.05) is 30.5 Å². The Labute approximate surface area is 187 Å². The molecule has 2 aromatic rings. The molecule has 1 N–H and O–H groups in total. The number of ether oxygens (including phenoxy) is 1. The average molecular weight is 463 g/mol. The average Bonchev–Trinajstić information content (AvgIpc) is 2.71. The molecule has 2 amide bonds. The van der Waals surface area contributed by atoms with E-state index in [0.29, 0.717) is 37.4 Å². The van der Waals surface area contributed by atoms with E-state index in [1.165, 1.54) is 13.2 Å². The molecule has 2 aromatic carbocycles. The van der Waals surface area contributed by atoms with Crippen LogP contribution in [0, 0.1) is 0 Å². The highest BCUT2D eigenvalue weighted by molar-refractivity contribution is 7.99. The van der Waals surface area contributed by atoms with Crippen molar-refractivity contribution in [3.8, 4) is 5.75 Å². The highest BCUT2D eigenvalue weighted by atomic mass is 32.2. The summed E-state index contributed by atoms with van der Waals surface area (Å²) in [6, 6.07) is 13.9. The number of hydrogen-bond acceptors (Lipinski definition) is 6. The molecule has 1 aliphatic rings. The summed E-state index contributed by atoms with van der Waals surface area (Å²) in [5, 5.41) is 2.58. The molecular weight excluding hydrogens is 436 g/mol. The Hall–Kier alpha value is -2.52. The van der Waals surface area contributed by atoms with E-state index in [1.807, 2.05) is 17.0 Å². The predicted molar refractivity (Wildman–Crippen MR) is 122 cm³/mol. The Morgan fingerprint density at radius 3 is 2.65 bits per heavy atom. The van der Waals surface area contributed by atoms with Gasteiger partial charge in [-0.15, -0.1) is 11.8 Å². The number of nitrogens with one attached hydrogen (secondary N) is 1. The second kappa shape index (κ2) is 10.2. The van der Waals surface area contributed by atoms with Crippen molar-refractivity contribution >= 4 is 39.1 Å². The Kier molecular flexibility index (Phi) is 7.61. The molecule has 0 radical (unpaired) electrons. The fourth-order valence-electron chi connectivity index (χ4n) is 3.31. The van der Waals surface area contributed by atoms with Crippen LogP contribution in [0.15, 0.2) is 53.4 Å². The number of hydrogen-bond donors (Lipinski definition) is 1. The maximum Gasteiger partial charge on any atom is 0.224 e. The van der Waals surface area contributed by atoms with Gasteiger partial charge in [-0.2, -0.15) is 0 Å². The molecule has 31 heavy (non-hydrogen) atoms. The topological polar surface area (TPSA) is 92.8 Å². The SMILES string of the molecule is CC(=O)Nc1cccc(OCCCN2C(=O)CCSC2c2ccc(S(C)(=O)=O)cc2)c1. The van der Waals surface area contributed by atoms with Crippen LogP contribution in [-0.4, -0.2) is 50.3 Å². The number of thioether (sulfide) groups is 1. The van der Waals surface area contributed by atoms with Gasteiger partial charge in [-0.05, 0) is 36.2 Å². The molecular formula is C22H26N2O5S2. The molecule has 0 aromatic heterocycles. The molecule has 0 spiro atoms. The largest absolute Gasteiger partial charge is 0.493 e. The molecule has 1 heterocycles. The number of carbonyl (C=O) groups excluding carboxylic acids is 2. The quantitative estimate of drug-likeness (QED) is 0.604. The van der Waals surface area contributed by atoms with Crippen molar-refractivity contribution in [1.82, 2.24) is 4.90 Å². The van der Waals surface area contributed by atoms with Gasteiger partial charge >= 0.3 is 0 Å². The van der Waals surface area contributed by atoms with Crippen molar-refractivity contribution in [1.29, 1.82) is 0 Å². The molecule has 0 bridgehead atoms. The van der Waals surface area contributed by atoms with E-state index < -0.39 is 9.84 Å². The van der Waals surface area contributed by atoms with Crippen molar-refractivity contribution < 1.29 is 22.7 Å². The van der Waals surface area contributed by atoms with Gasteiger partial charge in [0.1, 0.15) is 11.1 Å². The van der Waals surface area contributed by atoms with Gasteiger partial charge in [-0.1, -0.05) is 18.2 Å². The number of anilines is 1. The third kappa shape index (κ3) is 6.48. The summed E-state index contributed by atoms with van der Waals surface area (Å²) < 4.78 is 29.2. The summed E-state index contributed by atoms with van der Waals surface area (Å²) >= 11 is 1.68. The second-order valence-electron chi connectivity index (χ2n) is 7.31. The van der Waals surface area contributed by atoms with Crippen LogP contribution < -0.4 is 10.1 Å². The van der Waals surface area contributed by atoms with Crippen LogP contribution in [0.5, 0.6) is 5.75 Å². The molecule has 3 rings (SSSR count). The van der Waals surface area contributed by atoms with Gasteiger partial charge in [0.05, 0.1) is 11.5 Å². The molecule has 1 aliphatic heterocycles. The minimum Gasteiger partial charge on any atom is -0.493 e. The van der Waals surface area contributed by atoms with Crippen LogP contribution in [0.2, 0.25) is 0 Å². The zero-order valence-electron chi connectivity index (χ0n) is 17.5. The zero-order valence-corrected chi connectivity index (χ0v) is 19.2. The maximum atomic E-state index is 12.6. The van der Waals surface area contributed by atoms with E-state index in [1.54, 1.807) is 48.2 Å². The van der Waals surface area contributed by atoms with Crippen LogP contribution in [0.25, 0.3) is 0 Å². The fraction of sp³-hybridized carbons (Fsp3) is 0.364. The molecule has 1 atom stereocenters. The van der Waals surface area contributed by atoms with E-state index in [4.69, 9.17) is 4.74 Å². The number of amides is 2. The monoisotopic (exact) mass is 462 g/mol. The maximum absolute atomic E-state index is 12.6. The predicted octanol–water partition coefficient (Wildman–Crippen LogP) is 3.48. The molecule has 9 heteroatoms. The first-order valence-corrected chi connectivity index (χ1v) is 12.9. The molecule has 0 aliphatic carbocycles. The van der Waals surface area contributed by atoms with Crippen LogP contribution >= 0.6 is 11.8 Å². The highest BCUT2D eigenvalue weighted by Crippen LogP contribution is 2.37. The Morgan fingerprint density at radius 2 is 1.97 bits per heavy atom. The number of sulfone groups is 1. The van der Waals surface area contributed by atoms with E-state index >= 15 is 0 Å². The molecule has 1 saturated heterocycles. The van der Waals surface area contributed by atoms with Gasteiger partial charge in [-0.25, -0.2) is 8.42 Å². The van der Waals surface area contributed by atoms with Crippen molar-refractivity contribution in [3.05, 3.63) is 54.1 Å². The Bertz CT molecular complexity index is 1040. The number of nitrogens with zero attached hydrogens (tertiary/aromatic N) is 1. The Morgan fingerprint density at radius 1 is 1.23 bits per heavy atom. The molecule has 0 saturated carbocycles. The van der Waals surface area contributed by atoms with Gasteiger partial charge in [0.25, 0.3) is 0 Å². The zero-order chi connectivity index (χ0) is 22.4. The van der Waals surface area contributed by atoms with Crippen LogP contribution in [0.4, 0.5) is 5.69 Å². The van der Waals surface area contributed by atoms with E-state index in [9.17, 15) is 18.0 Å². The summed E-state index contributed by atoms with van der Waals surface area (Å²) in [6.45, 7) is 2.42. The van der Waals surface area contributed by atoms with E-state index in [2.05, 4.69) is 5.32 Å². The first kappa shape index (κ1) is 23.1. The van der Waals surface area contributed by atoms with Crippen LogP contribution in [0.1, 0.15) is 30.7 Å². The number of benzene rings is 2. The van der Waals surface area contributed by atoms with E-state index in [-0.39, 0.29) is 22.1 Å². The molecule has 1 fully saturated rings. The lowest BCUT2D eigenvalue weighted by atomic mass is 10.2. The van der Waals surface area contributed by atoms with Crippen molar-refractivity contribution in [2.24, 2.45) is 0 Å². The highest BCUT2D eigenvalue weighted by Gasteiger charge is 2.29. The molecule has 1 unspecified atom stereocenters. The summed E-state index contributed by atoms with van der Waals surface area (Å²) in [5.74, 6) is 1.33. The number of rotatable bonds is 8. The molecule has 166 valence electrons.